The van der Waals surface area contributed by atoms with Gasteiger partial charge in [0.25, 0.3) is 0 Å². The zero-order valence-corrected chi connectivity index (χ0v) is 18.3. The summed E-state index contributed by atoms with van der Waals surface area (Å²) in [6.45, 7) is 3.43. The van der Waals surface area contributed by atoms with Crippen LogP contribution in [0.15, 0.2) is 11.3 Å². The van der Waals surface area contributed by atoms with Gasteiger partial charge in [-0.2, -0.15) is 15.3 Å². The Bertz CT molecular complexity index is 966. The fourth-order valence-electron chi connectivity index (χ4n) is 4.36. The highest BCUT2D eigenvalue weighted by Gasteiger charge is 2.42. The van der Waals surface area contributed by atoms with Gasteiger partial charge in [0.1, 0.15) is 23.5 Å². The van der Waals surface area contributed by atoms with Crippen LogP contribution in [0.1, 0.15) is 26.2 Å². The second-order valence-electron chi connectivity index (χ2n) is 8.28. The van der Waals surface area contributed by atoms with Gasteiger partial charge >= 0.3 is 0 Å². The first-order valence-corrected chi connectivity index (χ1v) is 10.8. The number of likely N-dealkylation sites (tertiary alicyclic amines) is 1. The van der Waals surface area contributed by atoms with Gasteiger partial charge in [-0.15, -0.1) is 0 Å². The van der Waals surface area contributed by atoms with Crippen molar-refractivity contribution in [1.29, 1.82) is 5.26 Å². The van der Waals surface area contributed by atoms with E-state index in [1.165, 1.54) is 0 Å². The Morgan fingerprint density at radius 2 is 2.06 bits per heavy atom. The smallest absolute Gasteiger partial charge is 0.236 e. The number of hydrogen-bond donors (Lipinski definition) is 2. The highest BCUT2D eigenvalue weighted by molar-refractivity contribution is 6.32. The number of aromatic nitrogens is 2. The normalized spacial score (nSPS) is 28.9. The van der Waals surface area contributed by atoms with Crippen molar-refractivity contribution >= 4 is 35.5 Å². The van der Waals surface area contributed by atoms with Crippen LogP contribution in [-0.2, 0) is 4.79 Å². The summed E-state index contributed by atoms with van der Waals surface area (Å²) >= 11 is 6.34. The number of rotatable bonds is 5. The second kappa shape index (κ2) is 8.99. The molecule has 3 unspecified atom stereocenters. The summed E-state index contributed by atoms with van der Waals surface area (Å²) in [5, 5.41) is 22.0. The van der Waals surface area contributed by atoms with Crippen molar-refractivity contribution in [2.75, 3.05) is 30.8 Å². The molecule has 31 heavy (non-hydrogen) atoms. The third-order valence-electron chi connectivity index (χ3n) is 6.11. The van der Waals surface area contributed by atoms with Crippen LogP contribution in [0, 0.1) is 35.0 Å². The van der Waals surface area contributed by atoms with Crippen LogP contribution in [0.5, 0.6) is 0 Å². The second-order valence-corrected chi connectivity index (χ2v) is 8.69. The molecule has 1 amide bonds. The van der Waals surface area contributed by atoms with E-state index >= 15 is 0 Å². The van der Waals surface area contributed by atoms with E-state index in [-0.39, 0.29) is 30.5 Å². The van der Waals surface area contributed by atoms with E-state index in [0.717, 1.165) is 25.9 Å². The van der Waals surface area contributed by atoms with Gasteiger partial charge in [0.05, 0.1) is 18.5 Å². The summed E-state index contributed by atoms with van der Waals surface area (Å²) in [5.74, 6) is 8.10. The molecule has 5 atom stereocenters. The number of halogens is 1. The highest BCUT2D eigenvalue weighted by atomic mass is 35.5. The van der Waals surface area contributed by atoms with Crippen LogP contribution in [0.25, 0.3) is 0 Å². The predicted octanol–water partition coefficient (Wildman–Crippen LogP) is 1.80. The number of hydrogen-bond acceptors (Lipinski definition) is 8. The molecular formula is C21H25ClN8O. The van der Waals surface area contributed by atoms with Crippen LogP contribution >= 0.6 is 11.6 Å². The minimum absolute atomic E-state index is 0.0411. The Morgan fingerprint density at radius 1 is 1.32 bits per heavy atom. The molecule has 1 aromatic heterocycles. The van der Waals surface area contributed by atoms with Crippen molar-refractivity contribution in [2.24, 2.45) is 16.9 Å². The van der Waals surface area contributed by atoms with Gasteiger partial charge in [0.2, 0.25) is 11.9 Å². The molecule has 0 aromatic carbocycles. The quantitative estimate of drug-likeness (QED) is 0.671. The van der Waals surface area contributed by atoms with Crippen molar-refractivity contribution < 1.29 is 4.79 Å². The van der Waals surface area contributed by atoms with E-state index in [1.807, 2.05) is 24.9 Å². The fourth-order valence-corrected chi connectivity index (χ4v) is 4.50. The molecule has 3 aliphatic rings. The number of amides is 1. The molecular weight excluding hydrogens is 416 g/mol. The largest absolute Gasteiger partial charge is 0.366 e. The number of nitrogens with one attached hydrogen (secondary N) is 2. The zero-order chi connectivity index (χ0) is 22.0. The van der Waals surface area contributed by atoms with Gasteiger partial charge in [0, 0.05) is 26.2 Å². The van der Waals surface area contributed by atoms with Gasteiger partial charge in [-0.05, 0) is 31.6 Å². The van der Waals surface area contributed by atoms with Gasteiger partial charge in [0.15, 0.2) is 5.82 Å². The maximum Gasteiger partial charge on any atom is 0.236 e. The van der Waals surface area contributed by atoms with Crippen LogP contribution in [0.4, 0.5) is 11.8 Å². The third kappa shape index (κ3) is 4.83. The molecule has 1 aliphatic carbocycles. The Balaban J connectivity index is 1.37. The summed E-state index contributed by atoms with van der Waals surface area (Å²) in [7, 11) is 1.88. The molecule has 2 fully saturated rings. The van der Waals surface area contributed by atoms with Crippen LogP contribution in [0.2, 0.25) is 5.02 Å². The number of carbonyl (C=O) groups excluding carboxylic acids is 1. The van der Waals surface area contributed by atoms with Crippen LogP contribution < -0.4 is 10.6 Å². The van der Waals surface area contributed by atoms with E-state index < -0.39 is 0 Å². The Morgan fingerprint density at radius 3 is 2.77 bits per heavy atom. The molecule has 9 nitrogen and oxygen atoms in total. The minimum Gasteiger partial charge on any atom is -0.366 e. The summed E-state index contributed by atoms with van der Waals surface area (Å²) < 4.78 is 0. The first-order chi connectivity index (χ1) is 14.9. The highest BCUT2D eigenvalue weighted by Crippen LogP contribution is 2.39. The molecule has 1 saturated carbocycles. The zero-order valence-electron chi connectivity index (χ0n) is 17.5. The van der Waals surface area contributed by atoms with E-state index in [1.54, 1.807) is 17.4 Å². The summed E-state index contributed by atoms with van der Waals surface area (Å²) in [6, 6.07) is 1.93. The lowest BCUT2D eigenvalue weighted by Gasteiger charge is -2.20. The monoisotopic (exact) mass is 440 g/mol. The summed E-state index contributed by atoms with van der Waals surface area (Å²) in [6.07, 6.45) is 5.15. The molecule has 4 rings (SSSR count). The average Bonchev–Trinajstić information content (AvgIpc) is 3.26. The van der Waals surface area contributed by atoms with Crippen molar-refractivity contribution in [1.82, 2.24) is 19.9 Å². The number of anilines is 2. The maximum atomic E-state index is 12.0. The minimum atomic E-state index is -0.288. The number of nitrogens with zero attached hydrogens (tertiary/aromatic N) is 6. The molecule has 1 saturated heterocycles. The first-order valence-electron chi connectivity index (χ1n) is 10.4. The standard InChI is InChI=1S/C21H25ClN8O/c1-13-3-4-16(9-25-29(13)2)27-21-24-10-18(22)20(28-21)26-17-7-14-11-30(12-15(14)8-17)19(31)5-6-23/h9-10,13-17H,5,7-8,11-12H2,1-2H3,(H2,24,26,27,28)/t13-,14-,15?,16?,17?/m0/s1. The van der Waals surface area contributed by atoms with Crippen molar-refractivity contribution in [3.05, 3.63) is 11.2 Å². The molecule has 162 valence electrons. The SMILES string of the molecule is C[C@H]1C#CC(Nc2ncc(Cl)c(NC3CC4CN(C(=O)CC#N)C[C@@H]4C3)n2)C=NN1C. The molecule has 0 bridgehead atoms. The number of fused-ring (bicyclic) bond motifs is 1. The lowest BCUT2D eigenvalue weighted by molar-refractivity contribution is -0.129. The summed E-state index contributed by atoms with van der Waals surface area (Å²) in [5.41, 5.74) is 0. The molecule has 3 heterocycles. The average molecular weight is 441 g/mol. The number of carbonyl (C=O) groups is 1. The van der Waals surface area contributed by atoms with E-state index in [4.69, 9.17) is 16.9 Å². The molecule has 10 heteroatoms. The van der Waals surface area contributed by atoms with Crippen LogP contribution in [0.3, 0.4) is 0 Å². The van der Waals surface area contributed by atoms with E-state index in [2.05, 4.69) is 37.5 Å². The van der Waals surface area contributed by atoms with Crippen molar-refractivity contribution in [3.8, 4) is 17.9 Å². The lowest BCUT2D eigenvalue weighted by atomic mass is 10.0. The van der Waals surface area contributed by atoms with Gasteiger partial charge in [-0.25, -0.2) is 4.98 Å². The van der Waals surface area contributed by atoms with E-state index in [0.29, 0.717) is 28.6 Å². The van der Waals surface area contributed by atoms with Crippen molar-refractivity contribution in [2.45, 2.75) is 44.3 Å². The van der Waals surface area contributed by atoms with Gasteiger partial charge in [-0.3, -0.25) is 9.80 Å². The molecule has 2 N–H and O–H groups in total. The molecule has 0 radical (unpaired) electrons. The van der Waals surface area contributed by atoms with E-state index in [9.17, 15) is 4.79 Å². The third-order valence-corrected chi connectivity index (χ3v) is 6.39. The number of hydrazone groups is 1. The Kier molecular flexibility index (Phi) is 6.15. The molecule has 1 aromatic rings. The van der Waals surface area contributed by atoms with Crippen LogP contribution in [-0.4, -0.2) is 70.3 Å². The lowest BCUT2D eigenvalue weighted by Crippen LogP contribution is -2.30. The predicted molar refractivity (Wildman–Crippen MR) is 118 cm³/mol. The Hall–Kier alpha value is -3.04. The Labute approximate surface area is 186 Å². The topological polar surface area (TPSA) is 110 Å². The maximum absolute atomic E-state index is 12.0. The number of nitriles is 1. The molecule has 2 aliphatic heterocycles. The molecule has 0 spiro atoms. The first kappa shape index (κ1) is 21.2. The fraction of sp³-hybridized carbons (Fsp3) is 0.571. The van der Waals surface area contributed by atoms with Crippen molar-refractivity contribution in [3.63, 3.8) is 0 Å². The van der Waals surface area contributed by atoms with Gasteiger partial charge < -0.3 is 15.5 Å². The summed E-state index contributed by atoms with van der Waals surface area (Å²) in [4.78, 5) is 22.6. The van der Waals surface area contributed by atoms with Gasteiger partial charge in [-0.1, -0.05) is 23.4 Å².